The van der Waals surface area contributed by atoms with Gasteiger partial charge < -0.3 is 5.32 Å². The number of fused-ring (bicyclic) bond motifs is 1. The van der Waals surface area contributed by atoms with E-state index in [2.05, 4.69) is 31.3 Å². The van der Waals surface area contributed by atoms with E-state index < -0.39 is 0 Å². The van der Waals surface area contributed by atoms with Gasteiger partial charge in [0.05, 0.1) is 11.4 Å². The average Bonchev–Trinajstić information content (AvgIpc) is 2.60. The van der Waals surface area contributed by atoms with Gasteiger partial charge in [0.1, 0.15) is 0 Å². The summed E-state index contributed by atoms with van der Waals surface area (Å²) in [6.45, 7) is 4.83. The molecule has 0 fully saturated rings. The third kappa shape index (κ3) is 2.16. The van der Waals surface area contributed by atoms with Crippen molar-refractivity contribution < 1.29 is 4.79 Å². The predicted octanol–water partition coefficient (Wildman–Crippen LogP) is 3.78. The van der Waals surface area contributed by atoms with Crippen molar-refractivity contribution in [2.75, 3.05) is 16.8 Å². The van der Waals surface area contributed by atoms with E-state index in [1.54, 1.807) is 0 Å². The van der Waals surface area contributed by atoms with Gasteiger partial charge in [-0.25, -0.2) is 0 Å². The summed E-state index contributed by atoms with van der Waals surface area (Å²) >= 11 is 0. The number of rotatable bonds is 1. The summed E-state index contributed by atoms with van der Waals surface area (Å²) in [5.74, 6) is 0.130. The molecule has 0 spiro atoms. The zero-order valence-electron chi connectivity index (χ0n) is 11.8. The van der Waals surface area contributed by atoms with Crippen molar-refractivity contribution in [1.82, 2.24) is 0 Å². The Bertz CT molecular complexity index is 664. The number of nitrogens with zero attached hydrogens (tertiary/aromatic N) is 1. The molecule has 2 aromatic rings. The number of benzene rings is 2. The zero-order valence-corrected chi connectivity index (χ0v) is 11.8. The lowest BCUT2D eigenvalue weighted by atomic mass is 10.1. The van der Waals surface area contributed by atoms with E-state index in [1.807, 2.05) is 35.2 Å². The van der Waals surface area contributed by atoms with Crippen LogP contribution in [0.4, 0.5) is 17.1 Å². The Labute approximate surface area is 119 Å². The van der Waals surface area contributed by atoms with Gasteiger partial charge in [0.15, 0.2) is 0 Å². The molecule has 0 bridgehead atoms. The molecular weight excluding hydrogens is 248 g/mol. The minimum absolute atomic E-state index is 0.130. The fourth-order valence-electron chi connectivity index (χ4n) is 2.52. The normalized spacial score (nSPS) is 14.5. The van der Waals surface area contributed by atoms with E-state index in [-0.39, 0.29) is 5.91 Å². The summed E-state index contributed by atoms with van der Waals surface area (Å²) < 4.78 is 0. The lowest BCUT2D eigenvalue weighted by molar-refractivity contribution is -0.117. The number of para-hydroxylation sites is 2. The number of nitrogens with one attached hydrogen (secondary N) is 1. The van der Waals surface area contributed by atoms with Crippen molar-refractivity contribution in [2.24, 2.45) is 0 Å². The van der Waals surface area contributed by atoms with Gasteiger partial charge in [0.25, 0.3) is 0 Å². The fourth-order valence-corrected chi connectivity index (χ4v) is 2.52. The van der Waals surface area contributed by atoms with Gasteiger partial charge in [0.2, 0.25) is 5.91 Å². The lowest BCUT2D eigenvalue weighted by Gasteiger charge is -2.23. The van der Waals surface area contributed by atoms with E-state index in [9.17, 15) is 4.79 Å². The van der Waals surface area contributed by atoms with Crippen molar-refractivity contribution in [3.8, 4) is 0 Å². The van der Waals surface area contributed by atoms with E-state index >= 15 is 0 Å². The SMILES string of the molecule is Cc1ccc(N2C(=O)CCNc3ccccc32)cc1C. The molecule has 0 saturated carbocycles. The summed E-state index contributed by atoms with van der Waals surface area (Å²) in [6.07, 6.45) is 0.502. The maximum atomic E-state index is 12.5. The number of anilines is 3. The Morgan fingerprint density at radius 1 is 1.05 bits per heavy atom. The van der Waals surface area contributed by atoms with Crippen LogP contribution < -0.4 is 10.2 Å². The van der Waals surface area contributed by atoms with E-state index in [4.69, 9.17) is 0 Å². The molecule has 3 nitrogen and oxygen atoms in total. The van der Waals surface area contributed by atoms with Crippen LogP contribution in [-0.2, 0) is 4.79 Å². The Hall–Kier alpha value is -2.29. The topological polar surface area (TPSA) is 32.3 Å². The monoisotopic (exact) mass is 266 g/mol. The predicted molar refractivity (Wildman–Crippen MR) is 82.6 cm³/mol. The van der Waals surface area contributed by atoms with E-state index in [0.29, 0.717) is 13.0 Å². The second-order valence-electron chi connectivity index (χ2n) is 5.19. The molecule has 1 aliphatic rings. The number of hydrogen-bond acceptors (Lipinski definition) is 2. The van der Waals surface area contributed by atoms with Crippen molar-refractivity contribution in [3.63, 3.8) is 0 Å². The van der Waals surface area contributed by atoms with Gasteiger partial charge in [-0.1, -0.05) is 18.2 Å². The molecule has 1 amide bonds. The van der Waals surface area contributed by atoms with E-state index in [0.717, 1.165) is 17.1 Å². The molecule has 0 aliphatic carbocycles. The molecule has 2 aromatic carbocycles. The minimum atomic E-state index is 0.130. The van der Waals surface area contributed by atoms with Crippen molar-refractivity contribution >= 4 is 23.0 Å². The summed E-state index contributed by atoms with van der Waals surface area (Å²) in [5, 5.41) is 3.32. The van der Waals surface area contributed by atoms with Crippen LogP contribution >= 0.6 is 0 Å². The summed E-state index contributed by atoms with van der Waals surface area (Å²) in [7, 11) is 0. The highest BCUT2D eigenvalue weighted by Gasteiger charge is 2.23. The molecule has 1 N–H and O–H groups in total. The Kier molecular flexibility index (Phi) is 3.18. The molecule has 0 unspecified atom stereocenters. The molecule has 1 heterocycles. The van der Waals surface area contributed by atoms with Crippen LogP contribution in [0, 0.1) is 13.8 Å². The first kappa shape index (κ1) is 12.7. The summed E-state index contributed by atoms with van der Waals surface area (Å²) in [5.41, 5.74) is 5.32. The first-order chi connectivity index (χ1) is 9.66. The first-order valence-corrected chi connectivity index (χ1v) is 6.90. The number of carbonyl (C=O) groups excluding carboxylic acids is 1. The first-order valence-electron chi connectivity index (χ1n) is 6.90. The number of carbonyl (C=O) groups is 1. The number of aryl methyl sites for hydroxylation is 2. The van der Waals surface area contributed by atoms with Crippen LogP contribution in [0.15, 0.2) is 42.5 Å². The Morgan fingerprint density at radius 3 is 2.65 bits per heavy atom. The van der Waals surface area contributed by atoms with Gasteiger partial charge in [-0.3, -0.25) is 9.69 Å². The Morgan fingerprint density at radius 2 is 1.85 bits per heavy atom. The lowest BCUT2D eigenvalue weighted by Crippen LogP contribution is -2.25. The van der Waals surface area contributed by atoms with Crippen molar-refractivity contribution in [3.05, 3.63) is 53.6 Å². The van der Waals surface area contributed by atoms with Crippen LogP contribution in [0.3, 0.4) is 0 Å². The van der Waals surface area contributed by atoms with Crippen LogP contribution in [0.5, 0.6) is 0 Å². The maximum absolute atomic E-state index is 12.5. The molecule has 1 aliphatic heterocycles. The highest BCUT2D eigenvalue weighted by molar-refractivity contribution is 6.04. The van der Waals surface area contributed by atoms with Gasteiger partial charge in [-0.2, -0.15) is 0 Å². The quantitative estimate of drug-likeness (QED) is 0.851. The number of hydrogen-bond donors (Lipinski definition) is 1. The highest BCUT2D eigenvalue weighted by atomic mass is 16.2. The second-order valence-corrected chi connectivity index (χ2v) is 5.19. The van der Waals surface area contributed by atoms with E-state index in [1.165, 1.54) is 11.1 Å². The smallest absolute Gasteiger partial charge is 0.233 e. The molecule has 0 atom stereocenters. The highest BCUT2D eigenvalue weighted by Crippen LogP contribution is 2.35. The second kappa shape index (κ2) is 5.00. The third-order valence-corrected chi connectivity index (χ3v) is 3.80. The zero-order chi connectivity index (χ0) is 14.1. The standard InChI is InChI=1S/C17H18N2O/c1-12-7-8-14(11-13(12)2)19-16-6-4-3-5-15(16)18-10-9-17(19)20/h3-8,11,18H,9-10H2,1-2H3. The van der Waals surface area contributed by atoms with Crippen LogP contribution in [0.1, 0.15) is 17.5 Å². The molecule has 20 heavy (non-hydrogen) atoms. The van der Waals surface area contributed by atoms with Crippen molar-refractivity contribution in [1.29, 1.82) is 0 Å². The fraction of sp³-hybridized carbons (Fsp3) is 0.235. The molecule has 102 valence electrons. The molecule has 0 saturated heterocycles. The molecule has 0 radical (unpaired) electrons. The average molecular weight is 266 g/mol. The van der Waals surface area contributed by atoms with Gasteiger partial charge in [-0.15, -0.1) is 0 Å². The van der Waals surface area contributed by atoms with Gasteiger partial charge >= 0.3 is 0 Å². The summed E-state index contributed by atoms with van der Waals surface area (Å²) in [4.78, 5) is 14.3. The molecule has 3 rings (SSSR count). The molecule has 3 heteroatoms. The van der Waals surface area contributed by atoms with Crippen LogP contribution in [0.25, 0.3) is 0 Å². The largest absolute Gasteiger partial charge is 0.383 e. The third-order valence-electron chi connectivity index (χ3n) is 3.80. The van der Waals surface area contributed by atoms with Gasteiger partial charge in [-0.05, 0) is 49.2 Å². The maximum Gasteiger partial charge on any atom is 0.233 e. The van der Waals surface area contributed by atoms with Crippen LogP contribution in [0.2, 0.25) is 0 Å². The van der Waals surface area contributed by atoms with Crippen LogP contribution in [-0.4, -0.2) is 12.5 Å². The molecule has 0 aromatic heterocycles. The Balaban J connectivity index is 2.14. The van der Waals surface area contributed by atoms with Crippen molar-refractivity contribution in [2.45, 2.75) is 20.3 Å². The van der Waals surface area contributed by atoms with Gasteiger partial charge in [0, 0.05) is 18.7 Å². The minimum Gasteiger partial charge on any atom is -0.383 e. The molecular formula is C17H18N2O. The number of amides is 1. The summed E-state index contributed by atoms with van der Waals surface area (Å²) in [6, 6.07) is 14.1.